The molecule has 2 rings (SSSR count). The predicted molar refractivity (Wildman–Crippen MR) is 78.5 cm³/mol. The minimum absolute atomic E-state index is 0.00590. The molecule has 0 aliphatic heterocycles. The van der Waals surface area contributed by atoms with Gasteiger partial charge >= 0.3 is 0 Å². The Balaban J connectivity index is 2.15. The molecular weight excluding hydrogens is 296 g/mol. The highest BCUT2D eigenvalue weighted by atomic mass is 35.5. The molecule has 114 valence electrons. The smallest absolute Gasteiger partial charge is 0.288 e. The highest BCUT2D eigenvalue weighted by Crippen LogP contribution is 2.31. The molecule has 0 bridgehead atoms. The molecule has 0 spiro atoms. The molecule has 1 aromatic rings. The third-order valence-corrected chi connectivity index (χ3v) is 4.12. The van der Waals surface area contributed by atoms with Gasteiger partial charge in [-0.05, 0) is 25.0 Å². The van der Waals surface area contributed by atoms with E-state index in [2.05, 4.69) is 0 Å². The average Bonchev–Trinajstić information content (AvgIpc) is 2.84. The number of aliphatic hydroxyl groups is 1. The van der Waals surface area contributed by atoms with Crippen LogP contribution in [-0.4, -0.2) is 40.0 Å². The average molecular weight is 313 g/mol. The van der Waals surface area contributed by atoms with Gasteiger partial charge in [0.2, 0.25) is 0 Å². The van der Waals surface area contributed by atoms with E-state index in [1.807, 2.05) is 0 Å². The van der Waals surface area contributed by atoms with Crippen LogP contribution in [0.5, 0.6) is 0 Å². The molecule has 6 nitrogen and oxygen atoms in total. The minimum atomic E-state index is -0.844. The maximum Gasteiger partial charge on any atom is 0.288 e. The topological polar surface area (TPSA) is 83.7 Å². The molecule has 1 aromatic carbocycles. The van der Waals surface area contributed by atoms with E-state index in [0.717, 1.165) is 12.8 Å². The number of carbonyl (C=O) groups is 1. The van der Waals surface area contributed by atoms with Gasteiger partial charge in [0.05, 0.1) is 10.5 Å². The van der Waals surface area contributed by atoms with E-state index in [-0.39, 0.29) is 28.7 Å². The maximum atomic E-state index is 12.3. The number of nitrogens with zero attached hydrogens (tertiary/aromatic N) is 2. The van der Waals surface area contributed by atoms with Crippen molar-refractivity contribution in [3.8, 4) is 0 Å². The van der Waals surface area contributed by atoms with E-state index in [4.69, 9.17) is 11.6 Å². The number of hydrogen-bond donors (Lipinski definition) is 1. The van der Waals surface area contributed by atoms with Gasteiger partial charge in [0.15, 0.2) is 0 Å². The summed E-state index contributed by atoms with van der Waals surface area (Å²) in [5, 5.41) is 21.2. The van der Waals surface area contributed by atoms with Crippen molar-refractivity contribution < 1.29 is 14.8 Å². The second-order valence-electron chi connectivity index (χ2n) is 5.52. The Morgan fingerprint density at radius 1 is 1.48 bits per heavy atom. The summed E-state index contributed by atoms with van der Waals surface area (Å²) in [4.78, 5) is 23.9. The van der Waals surface area contributed by atoms with Crippen LogP contribution in [0.1, 0.15) is 36.0 Å². The van der Waals surface area contributed by atoms with Crippen LogP contribution in [0.2, 0.25) is 5.02 Å². The summed E-state index contributed by atoms with van der Waals surface area (Å²) in [5.41, 5.74) is -0.950. The van der Waals surface area contributed by atoms with Gasteiger partial charge in [0.1, 0.15) is 5.02 Å². The molecule has 1 aliphatic rings. The van der Waals surface area contributed by atoms with Gasteiger partial charge < -0.3 is 10.0 Å². The zero-order valence-electron chi connectivity index (χ0n) is 11.7. The zero-order valence-corrected chi connectivity index (χ0v) is 12.5. The molecule has 7 heteroatoms. The van der Waals surface area contributed by atoms with Crippen molar-refractivity contribution in [2.75, 3.05) is 13.6 Å². The van der Waals surface area contributed by atoms with E-state index in [1.165, 1.54) is 23.1 Å². The fraction of sp³-hybridized carbons (Fsp3) is 0.500. The van der Waals surface area contributed by atoms with Crippen LogP contribution in [0.15, 0.2) is 18.2 Å². The van der Waals surface area contributed by atoms with Crippen LogP contribution in [0.4, 0.5) is 5.69 Å². The normalized spacial score (nSPS) is 16.7. The Morgan fingerprint density at radius 3 is 2.67 bits per heavy atom. The summed E-state index contributed by atoms with van der Waals surface area (Å²) in [6.07, 6.45) is 3.24. The molecule has 0 atom stereocenters. The molecule has 1 aliphatic carbocycles. The number of rotatable bonds is 4. The van der Waals surface area contributed by atoms with Crippen molar-refractivity contribution in [1.82, 2.24) is 4.90 Å². The number of nitro groups is 1. The van der Waals surface area contributed by atoms with Crippen LogP contribution in [0.3, 0.4) is 0 Å². The Morgan fingerprint density at radius 2 is 2.10 bits per heavy atom. The quantitative estimate of drug-likeness (QED) is 0.684. The maximum absolute atomic E-state index is 12.3. The van der Waals surface area contributed by atoms with Crippen molar-refractivity contribution in [2.45, 2.75) is 31.3 Å². The summed E-state index contributed by atoms with van der Waals surface area (Å²) in [7, 11) is 1.58. The van der Waals surface area contributed by atoms with Crippen LogP contribution < -0.4 is 0 Å². The monoisotopic (exact) mass is 312 g/mol. The first kappa shape index (κ1) is 15.7. The Labute approximate surface area is 127 Å². The van der Waals surface area contributed by atoms with E-state index in [9.17, 15) is 20.0 Å². The lowest BCUT2D eigenvalue weighted by molar-refractivity contribution is -0.384. The fourth-order valence-electron chi connectivity index (χ4n) is 2.71. The third-order valence-electron chi connectivity index (χ3n) is 3.80. The first-order valence-corrected chi connectivity index (χ1v) is 7.12. The zero-order chi connectivity index (χ0) is 15.6. The highest BCUT2D eigenvalue weighted by molar-refractivity contribution is 6.32. The minimum Gasteiger partial charge on any atom is -0.388 e. The molecular formula is C14H17ClN2O4. The number of benzene rings is 1. The summed E-state index contributed by atoms with van der Waals surface area (Å²) in [5.74, 6) is -0.366. The molecule has 1 amide bonds. The van der Waals surface area contributed by atoms with Gasteiger partial charge in [-0.25, -0.2) is 0 Å². The van der Waals surface area contributed by atoms with Gasteiger partial charge in [-0.3, -0.25) is 14.9 Å². The molecule has 21 heavy (non-hydrogen) atoms. The number of hydrogen-bond acceptors (Lipinski definition) is 4. The third kappa shape index (κ3) is 3.51. The number of halogens is 1. The van der Waals surface area contributed by atoms with Crippen LogP contribution in [-0.2, 0) is 0 Å². The SMILES string of the molecule is CN(CC1(O)CCCC1)C(=O)c1ccc(Cl)c([N+](=O)[O-])c1. The van der Waals surface area contributed by atoms with Crippen molar-refractivity contribution in [3.63, 3.8) is 0 Å². The van der Waals surface area contributed by atoms with Gasteiger partial charge in [-0.15, -0.1) is 0 Å². The highest BCUT2D eigenvalue weighted by Gasteiger charge is 2.33. The van der Waals surface area contributed by atoms with Gasteiger partial charge in [-0.2, -0.15) is 0 Å². The molecule has 0 heterocycles. The Hall–Kier alpha value is -1.66. The standard InChI is InChI=1S/C14H17ClN2O4/c1-16(9-14(19)6-2-3-7-14)13(18)10-4-5-11(15)12(8-10)17(20)21/h4-5,8,19H,2-3,6-7,9H2,1H3. The fourth-order valence-corrected chi connectivity index (χ4v) is 2.90. The van der Waals surface area contributed by atoms with E-state index < -0.39 is 10.5 Å². The molecule has 0 unspecified atom stereocenters. The molecule has 1 fully saturated rings. The number of likely N-dealkylation sites (N-methyl/N-ethyl adjacent to an activating group) is 1. The lowest BCUT2D eigenvalue weighted by Gasteiger charge is -2.28. The molecule has 1 saturated carbocycles. The van der Waals surface area contributed by atoms with Crippen molar-refractivity contribution in [2.24, 2.45) is 0 Å². The van der Waals surface area contributed by atoms with Crippen molar-refractivity contribution in [3.05, 3.63) is 38.9 Å². The van der Waals surface area contributed by atoms with Crippen molar-refractivity contribution in [1.29, 1.82) is 0 Å². The molecule has 1 N–H and O–H groups in total. The van der Waals surface area contributed by atoms with Gasteiger partial charge in [0, 0.05) is 25.2 Å². The Kier molecular flexibility index (Phi) is 4.49. The first-order chi connectivity index (χ1) is 9.82. The van der Waals surface area contributed by atoms with Crippen LogP contribution >= 0.6 is 11.6 Å². The van der Waals surface area contributed by atoms with Crippen LogP contribution in [0, 0.1) is 10.1 Å². The molecule has 0 saturated heterocycles. The van der Waals surface area contributed by atoms with Gasteiger partial charge in [0.25, 0.3) is 11.6 Å². The van der Waals surface area contributed by atoms with E-state index in [1.54, 1.807) is 7.05 Å². The largest absolute Gasteiger partial charge is 0.388 e. The summed E-state index contributed by atoms with van der Waals surface area (Å²) in [6, 6.07) is 3.96. The number of nitro benzene ring substituents is 1. The number of carbonyl (C=O) groups excluding carboxylic acids is 1. The summed E-state index contributed by atoms with van der Waals surface area (Å²) < 4.78 is 0. The summed E-state index contributed by atoms with van der Waals surface area (Å²) >= 11 is 5.73. The molecule has 0 aromatic heterocycles. The lowest BCUT2D eigenvalue weighted by Crippen LogP contribution is -2.42. The van der Waals surface area contributed by atoms with Crippen LogP contribution in [0.25, 0.3) is 0 Å². The van der Waals surface area contributed by atoms with Gasteiger partial charge in [-0.1, -0.05) is 24.4 Å². The lowest BCUT2D eigenvalue weighted by atomic mass is 10.0. The molecule has 0 radical (unpaired) electrons. The Bertz CT molecular complexity index is 570. The second-order valence-corrected chi connectivity index (χ2v) is 5.92. The predicted octanol–water partition coefficient (Wildman–Crippen LogP) is 2.63. The first-order valence-electron chi connectivity index (χ1n) is 6.74. The van der Waals surface area contributed by atoms with Crippen molar-refractivity contribution >= 4 is 23.2 Å². The summed E-state index contributed by atoms with van der Waals surface area (Å²) in [6.45, 7) is 0.224. The number of amides is 1. The second kappa shape index (κ2) is 5.99. The van der Waals surface area contributed by atoms with E-state index in [0.29, 0.717) is 12.8 Å². The van der Waals surface area contributed by atoms with E-state index >= 15 is 0 Å².